The van der Waals surface area contributed by atoms with E-state index >= 15 is 0 Å². The third kappa shape index (κ3) is 4.44. The van der Waals surface area contributed by atoms with Crippen LogP contribution in [0.3, 0.4) is 0 Å². The van der Waals surface area contributed by atoms with Gasteiger partial charge in [0.25, 0.3) is 0 Å². The fraction of sp³-hybridized carbons (Fsp3) is 0.455. The summed E-state index contributed by atoms with van der Waals surface area (Å²) in [6.07, 6.45) is 0. The number of morpholine rings is 1. The van der Waals surface area contributed by atoms with Crippen molar-refractivity contribution in [1.82, 2.24) is 4.90 Å². The molecule has 0 spiro atoms. The highest BCUT2D eigenvalue weighted by atomic mass is 16.5. The van der Waals surface area contributed by atoms with Crippen molar-refractivity contribution < 1.29 is 14.6 Å². The molecule has 0 saturated carbocycles. The molecule has 1 aliphatic heterocycles. The first-order chi connectivity index (χ1) is 12.6. The van der Waals surface area contributed by atoms with Gasteiger partial charge >= 0.3 is 0 Å². The summed E-state index contributed by atoms with van der Waals surface area (Å²) in [6.45, 7) is 8.65. The van der Waals surface area contributed by atoms with E-state index in [1.54, 1.807) is 0 Å². The molecule has 1 saturated heterocycles. The molecule has 1 aliphatic rings. The summed E-state index contributed by atoms with van der Waals surface area (Å²) >= 11 is 0. The predicted octanol–water partition coefficient (Wildman–Crippen LogP) is 3.41. The summed E-state index contributed by atoms with van der Waals surface area (Å²) in [5, 5.41) is 11.6. The van der Waals surface area contributed by atoms with Crippen LogP contribution in [0, 0.1) is 0 Å². The molecule has 3 rings (SSSR count). The van der Waals surface area contributed by atoms with Gasteiger partial charge in [0.15, 0.2) is 0 Å². The lowest BCUT2D eigenvalue weighted by Gasteiger charge is -2.38. The van der Waals surface area contributed by atoms with Crippen LogP contribution in [0.25, 0.3) is 0 Å². The van der Waals surface area contributed by atoms with Crippen LogP contribution in [0.15, 0.2) is 54.6 Å². The number of ether oxygens (including phenoxy) is 2. The third-order valence-electron chi connectivity index (χ3n) is 5.17. The Morgan fingerprint density at radius 3 is 2.35 bits per heavy atom. The molecule has 1 heterocycles. The SMILES string of the molecule is CCOc1ccc([C@@](C)(O)[C@@H](CN2CCOCC2)c2ccccc2)cc1. The lowest BCUT2D eigenvalue weighted by molar-refractivity contribution is -0.0107. The largest absolute Gasteiger partial charge is 0.494 e. The van der Waals surface area contributed by atoms with Gasteiger partial charge in [-0.3, -0.25) is 4.90 Å². The Labute approximate surface area is 156 Å². The maximum absolute atomic E-state index is 11.6. The van der Waals surface area contributed by atoms with Gasteiger partial charge < -0.3 is 14.6 Å². The van der Waals surface area contributed by atoms with Crippen molar-refractivity contribution in [2.24, 2.45) is 0 Å². The lowest BCUT2D eigenvalue weighted by atomic mass is 9.78. The highest BCUT2D eigenvalue weighted by Gasteiger charge is 2.36. The van der Waals surface area contributed by atoms with Crippen LogP contribution >= 0.6 is 0 Å². The molecule has 140 valence electrons. The zero-order chi connectivity index (χ0) is 18.4. The minimum Gasteiger partial charge on any atom is -0.494 e. The van der Waals surface area contributed by atoms with Gasteiger partial charge in [0, 0.05) is 25.6 Å². The number of hydrogen-bond acceptors (Lipinski definition) is 4. The molecule has 1 N–H and O–H groups in total. The fourth-order valence-electron chi connectivity index (χ4n) is 3.59. The standard InChI is InChI=1S/C22H29NO3/c1-3-26-20-11-9-19(10-12-20)22(2,24)21(18-7-5-4-6-8-18)17-23-13-15-25-16-14-23/h4-12,21,24H,3,13-17H2,1-2H3/t21-,22+/m0/s1. The molecular weight excluding hydrogens is 326 g/mol. The number of benzene rings is 2. The van der Waals surface area contributed by atoms with Gasteiger partial charge in [0.05, 0.1) is 25.4 Å². The van der Waals surface area contributed by atoms with Gasteiger partial charge in [-0.05, 0) is 37.1 Å². The molecule has 0 aliphatic carbocycles. The summed E-state index contributed by atoms with van der Waals surface area (Å²) in [7, 11) is 0. The number of aliphatic hydroxyl groups is 1. The summed E-state index contributed by atoms with van der Waals surface area (Å²) in [6, 6.07) is 18.1. The molecule has 26 heavy (non-hydrogen) atoms. The van der Waals surface area contributed by atoms with E-state index in [0.717, 1.165) is 49.7 Å². The molecule has 4 nitrogen and oxygen atoms in total. The van der Waals surface area contributed by atoms with Crippen LogP contribution in [-0.2, 0) is 10.3 Å². The van der Waals surface area contributed by atoms with Crippen molar-refractivity contribution in [2.75, 3.05) is 39.5 Å². The number of rotatable bonds is 7. The summed E-state index contributed by atoms with van der Waals surface area (Å²) in [4.78, 5) is 2.38. The van der Waals surface area contributed by atoms with E-state index in [9.17, 15) is 5.11 Å². The van der Waals surface area contributed by atoms with Gasteiger partial charge in [-0.2, -0.15) is 0 Å². The first-order valence-electron chi connectivity index (χ1n) is 9.42. The van der Waals surface area contributed by atoms with Crippen LogP contribution in [0.5, 0.6) is 5.75 Å². The van der Waals surface area contributed by atoms with Gasteiger partial charge in [-0.1, -0.05) is 42.5 Å². The Hall–Kier alpha value is -1.88. The van der Waals surface area contributed by atoms with E-state index in [0.29, 0.717) is 6.61 Å². The summed E-state index contributed by atoms with van der Waals surface area (Å²) < 4.78 is 11.0. The minimum absolute atomic E-state index is 0.0280. The second kappa shape index (κ2) is 8.67. The van der Waals surface area contributed by atoms with E-state index in [2.05, 4.69) is 17.0 Å². The first-order valence-corrected chi connectivity index (χ1v) is 9.42. The van der Waals surface area contributed by atoms with Crippen LogP contribution in [0.4, 0.5) is 0 Å². The zero-order valence-electron chi connectivity index (χ0n) is 15.7. The van der Waals surface area contributed by atoms with Gasteiger partial charge in [0.2, 0.25) is 0 Å². The van der Waals surface area contributed by atoms with Crippen LogP contribution in [-0.4, -0.2) is 49.5 Å². The summed E-state index contributed by atoms with van der Waals surface area (Å²) in [5.41, 5.74) is 1.07. The normalized spacial score (nSPS) is 18.9. The molecule has 0 radical (unpaired) electrons. The van der Waals surface area contributed by atoms with Crippen LogP contribution < -0.4 is 4.74 Å². The second-order valence-corrected chi connectivity index (χ2v) is 6.98. The number of hydrogen-bond donors (Lipinski definition) is 1. The van der Waals surface area contributed by atoms with Crippen molar-refractivity contribution in [1.29, 1.82) is 0 Å². The van der Waals surface area contributed by atoms with Crippen molar-refractivity contribution in [2.45, 2.75) is 25.4 Å². The molecule has 0 bridgehead atoms. The van der Waals surface area contributed by atoms with Gasteiger partial charge in [-0.15, -0.1) is 0 Å². The topological polar surface area (TPSA) is 41.9 Å². The smallest absolute Gasteiger partial charge is 0.119 e. The van der Waals surface area contributed by atoms with E-state index in [-0.39, 0.29) is 5.92 Å². The molecule has 2 aromatic carbocycles. The third-order valence-corrected chi connectivity index (χ3v) is 5.17. The Morgan fingerprint density at radius 2 is 1.73 bits per heavy atom. The predicted molar refractivity (Wildman–Crippen MR) is 104 cm³/mol. The fourth-order valence-corrected chi connectivity index (χ4v) is 3.59. The Morgan fingerprint density at radius 1 is 1.08 bits per heavy atom. The monoisotopic (exact) mass is 355 g/mol. The van der Waals surface area contributed by atoms with Gasteiger partial charge in [0.1, 0.15) is 5.75 Å². The second-order valence-electron chi connectivity index (χ2n) is 6.98. The van der Waals surface area contributed by atoms with Crippen molar-refractivity contribution >= 4 is 0 Å². The quantitative estimate of drug-likeness (QED) is 0.826. The molecule has 0 unspecified atom stereocenters. The molecule has 2 atom stereocenters. The average Bonchev–Trinajstić information content (AvgIpc) is 2.68. The lowest BCUT2D eigenvalue weighted by Crippen LogP contribution is -2.43. The average molecular weight is 355 g/mol. The molecule has 2 aromatic rings. The molecule has 0 aromatic heterocycles. The Balaban J connectivity index is 1.88. The first kappa shape index (κ1) is 18.9. The van der Waals surface area contributed by atoms with Crippen LogP contribution in [0.2, 0.25) is 0 Å². The maximum Gasteiger partial charge on any atom is 0.119 e. The van der Waals surface area contributed by atoms with Crippen LogP contribution in [0.1, 0.15) is 30.9 Å². The van der Waals surface area contributed by atoms with Crippen molar-refractivity contribution in [3.8, 4) is 5.75 Å². The molecule has 1 fully saturated rings. The highest BCUT2D eigenvalue weighted by molar-refractivity contribution is 5.35. The highest BCUT2D eigenvalue weighted by Crippen LogP contribution is 2.38. The zero-order valence-corrected chi connectivity index (χ0v) is 15.7. The molecule has 0 amide bonds. The number of nitrogens with zero attached hydrogens (tertiary/aromatic N) is 1. The van der Waals surface area contributed by atoms with Crippen molar-refractivity contribution in [3.63, 3.8) is 0 Å². The van der Waals surface area contributed by atoms with Crippen molar-refractivity contribution in [3.05, 3.63) is 65.7 Å². The molecular formula is C22H29NO3. The molecule has 4 heteroatoms. The Kier molecular flexibility index (Phi) is 6.30. The maximum atomic E-state index is 11.6. The van der Waals surface area contributed by atoms with Gasteiger partial charge in [-0.25, -0.2) is 0 Å². The van der Waals surface area contributed by atoms with E-state index in [1.807, 2.05) is 56.3 Å². The minimum atomic E-state index is -0.982. The summed E-state index contributed by atoms with van der Waals surface area (Å²) in [5.74, 6) is 0.802. The Bertz CT molecular complexity index is 664. The van der Waals surface area contributed by atoms with E-state index in [1.165, 1.54) is 0 Å². The van der Waals surface area contributed by atoms with E-state index < -0.39 is 5.60 Å². The van der Waals surface area contributed by atoms with E-state index in [4.69, 9.17) is 9.47 Å².